The van der Waals surface area contributed by atoms with Gasteiger partial charge in [0, 0.05) is 10.4 Å². The number of carbonyl (C=O) groups is 1. The molecule has 0 amide bonds. The van der Waals surface area contributed by atoms with Gasteiger partial charge in [-0.1, -0.05) is 54.6 Å². The average Bonchev–Trinajstić information content (AvgIpc) is 3.00. The number of ketones is 1. The molecule has 110 valence electrons. The van der Waals surface area contributed by atoms with Crippen LogP contribution in [0, 0.1) is 0 Å². The van der Waals surface area contributed by atoms with Gasteiger partial charge in [-0.2, -0.15) is 0 Å². The van der Waals surface area contributed by atoms with E-state index in [2.05, 4.69) is 18.2 Å². The molecule has 0 aliphatic carbocycles. The molecular formula is C19H16O2S. The lowest BCUT2D eigenvalue weighted by atomic mass is 10.1. The highest BCUT2D eigenvalue weighted by atomic mass is 32.1. The van der Waals surface area contributed by atoms with Crippen LogP contribution in [0.15, 0.2) is 60.7 Å². The highest BCUT2D eigenvalue weighted by molar-refractivity contribution is 7.19. The molecule has 0 unspecified atom stereocenters. The van der Waals surface area contributed by atoms with Crippen LogP contribution in [-0.4, -0.2) is 12.9 Å². The first kappa shape index (κ1) is 14.5. The number of thiophene rings is 1. The van der Waals surface area contributed by atoms with E-state index >= 15 is 0 Å². The van der Waals surface area contributed by atoms with Gasteiger partial charge in [0.1, 0.15) is 5.75 Å². The summed E-state index contributed by atoms with van der Waals surface area (Å²) in [5, 5.41) is 0. The van der Waals surface area contributed by atoms with Crippen molar-refractivity contribution in [3.8, 4) is 26.6 Å². The number of Topliss-reactive ketones (excluding diaryl/α,β-unsaturated/α-hetero) is 1. The second-order valence-corrected chi connectivity index (χ2v) is 6.06. The molecule has 22 heavy (non-hydrogen) atoms. The summed E-state index contributed by atoms with van der Waals surface area (Å²) in [6.07, 6.45) is 0. The maximum atomic E-state index is 11.4. The first-order chi connectivity index (χ1) is 10.7. The van der Waals surface area contributed by atoms with Gasteiger partial charge in [-0.25, -0.2) is 0 Å². The monoisotopic (exact) mass is 308 g/mol. The lowest BCUT2D eigenvalue weighted by Crippen LogP contribution is -1.90. The highest BCUT2D eigenvalue weighted by Crippen LogP contribution is 2.42. The number of rotatable bonds is 4. The molecule has 1 aromatic heterocycles. The van der Waals surface area contributed by atoms with Gasteiger partial charge in [-0.3, -0.25) is 4.79 Å². The van der Waals surface area contributed by atoms with E-state index in [4.69, 9.17) is 4.74 Å². The van der Waals surface area contributed by atoms with E-state index < -0.39 is 0 Å². The summed E-state index contributed by atoms with van der Waals surface area (Å²) < 4.78 is 5.52. The van der Waals surface area contributed by atoms with E-state index in [0.717, 1.165) is 32.2 Å². The average molecular weight is 308 g/mol. The van der Waals surface area contributed by atoms with E-state index in [9.17, 15) is 4.79 Å². The molecule has 2 aromatic carbocycles. The molecule has 2 nitrogen and oxygen atoms in total. The van der Waals surface area contributed by atoms with Crippen LogP contribution in [0.1, 0.15) is 17.3 Å². The SMILES string of the molecule is COc1cc(-c2ccc(C(C)=O)cc2)sc1-c1ccccc1. The Labute approximate surface area is 134 Å². The molecule has 0 aliphatic rings. The second-order valence-electron chi connectivity index (χ2n) is 5.01. The Bertz CT molecular complexity index is 786. The predicted molar refractivity (Wildman–Crippen MR) is 91.7 cm³/mol. The Kier molecular flexibility index (Phi) is 4.07. The van der Waals surface area contributed by atoms with Crippen molar-refractivity contribution in [3.05, 3.63) is 66.2 Å². The maximum Gasteiger partial charge on any atom is 0.159 e. The van der Waals surface area contributed by atoms with Gasteiger partial charge < -0.3 is 4.74 Å². The molecule has 1 heterocycles. The Morgan fingerprint density at radius 1 is 0.955 bits per heavy atom. The van der Waals surface area contributed by atoms with Crippen LogP contribution >= 0.6 is 11.3 Å². The van der Waals surface area contributed by atoms with E-state index in [1.807, 2.05) is 42.5 Å². The third-order valence-corrected chi connectivity index (χ3v) is 4.74. The molecule has 3 heteroatoms. The second kappa shape index (κ2) is 6.16. The standard InChI is InChI=1S/C19H16O2S/c1-13(20)14-8-10-15(11-9-14)18-12-17(21-2)19(22-18)16-6-4-3-5-7-16/h3-12H,1-2H3. The molecule has 3 rings (SSSR count). The van der Waals surface area contributed by atoms with Crippen LogP contribution in [0.4, 0.5) is 0 Å². The third-order valence-electron chi connectivity index (χ3n) is 3.53. The van der Waals surface area contributed by atoms with Crippen molar-refractivity contribution in [3.63, 3.8) is 0 Å². The first-order valence-electron chi connectivity index (χ1n) is 7.03. The molecule has 0 fully saturated rings. The lowest BCUT2D eigenvalue weighted by Gasteiger charge is -2.01. The van der Waals surface area contributed by atoms with Crippen LogP contribution < -0.4 is 4.74 Å². The number of carbonyl (C=O) groups excluding carboxylic acids is 1. The largest absolute Gasteiger partial charge is 0.495 e. The lowest BCUT2D eigenvalue weighted by molar-refractivity contribution is 0.101. The van der Waals surface area contributed by atoms with E-state index in [0.29, 0.717) is 0 Å². The van der Waals surface area contributed by atoms with Crippen molar-refractivity contribution in [2.75, 3.05) is 7.11 Å². The minimum Gasteiger partial charge on any atom is -0.495 e. The van der Waals surface area contributed by atoms with Crippen molar-refractivity contribution in [2.45, 2.75) is 6.92 Å². The first-order valence-corrected chi connectivity index (χ1v) is 7.85. The fourth-order valence-corrected chi connectivity index (χ4v) is 3.46. The van der Waals surface area contributed by atoms with Gasteiger partial charge >= 0.3 is 0 Å². The van der Waals surface area contributed by atoms with E-state index in [-0.39, 0.29) is 5.78 Å². The van der Waals surface area contributed by atoms with Gasteiger partial charge in [0.25, 0.3) is 0 Å². The summed E-state index contributed by atoms with van der Waals surface area (Å²) in [5.74, 6) is 0.960. The summed E-state index contributed by atoms with van der Waals surface area (Å²) in [4.78, 5) is 13.6. The van der Waals surface area contributed by atoms with E-state index in [1.165, 1.54) is 0 Å². The summed E-state index contributed by atoms with van der Waals surface area (Å²) in [5.41, 5.74) is 2.97. The van der Waals surface area contributed by atoms with Gasteiger partial charge in [0.05, 0.1) is 12.0 Å². The molecule has 0 N–H and O–H groups in total. The van der Waals surface area contributed by atoms with Crippen LogP contribution in [0.25, 0.3) is 20.9 Å². The zero-order valence-electron chi connectivity index (χ0n) is 12.5. The van der Waals surface area contributed by atoms with Gasteiger partial charge in [0.15, 0.2) is 5.78 Å². The van der Waals surface area contributed by atoms with Crippen molar-refractivity contribution < 1.29 is 9.53 Å². The molecule has 0 saturated heterocycles. The molecule has 0 bridgehead atoms. The Balaban J connectivity index is 2.02. The van der Waals surface area contributed by atoms with Crippen molar-refractivity contribution in [1.82, 2.24) is 0 Å². The Morgan fingerprint density at radius 3 is 2.23 bits per heavy atom. The van der Waals surface area contributed by atoms with E-state index in [1.54, 1.807) is 25.4 Å². The van der Waals surface area contributed by atoms with Crippen molar-refractivity contribution in [2.24, 2.45) is 0 Å². The maximum absolute atomic E-state index is 11.4. The van der Waals surface area contributed by atoms with Gasteiger partial charge in [0.2, 0.25) is 0 Å². The van der Waals surface area contributed by atoms with Crippen LogP contribution in [-0.2, 0) is 0 Å². The molecule has 0 aliphatic heterocycles. The van der Waals surface area contributed by atoms with Gasteiger partial charge in [-0.05, 0) is 24.1 Å². The zero-order valence-corrected chi connectivity index (χ0v) is 13.3. The number of ether oxygens (including phenoxy) is 1. The van der Waals surface area contributed by atoms with Crippen molar-refractivity contribution >= 4 is 17.1 Å². The molecule has 0 saturated carbocycles. The summed E-state index contributed by atoms with van der Waals surface area (Å²) in [7, 11) is 1.69. The fraction of sp³-hybridized carbons (Fsp3) is 0.105. The number of methoxy groups -OCH3 is 1. The van der Waals surface area contributed by atoms with Crippen LogP contribution in [0.2, 0.25) is 0 Å². The number of hydrogen-bond donors (Lipinski definition) is 0. The smallest absolute Gasteiger partial charge is 0.159 e. The van der Waals surface area contributed by atoms with Crippen LogP contribution in [0.5, 0.6) is 5.75 Å². The topological polar surface area (TPSA) is 26.3 Å². The zero-order chi connectivity index (χ0) is 15.5. The summed E-state index contributed by atoms with van der Waals surface area (Å²) in [6, 6.07) is 20.0. The van der Waals surface area contributed by atoms with Crippen molar-refractivity contribution in [1.29, 1.82) is 0 Å². The van der Waals surface area contributed by atoms with Crippen LogP contribution in [0.3, 0.4) is 0 Å². The normalized spacial score (nSPS) is 10.5. The number of hydrogen-bond acceptors (Lipinski definition) is 3. The Morgan fingerprint density at radius 2 is 1.64 bits per heavy atom. The molecular weight excluding hydrogens is 292 g/mol. The Hall–Kier alpha value is -2.39. The summed E-state index contributed by atoms with van der Waals surface area (Å²) in [6.45, 7) is 1.58. The quantitative estimate of drug-likeness (QED) is 0.612. The number of benzene rings is 2. The summed E-state index contributed by atoms with van der Waals surface area (Å²) >= 11 is 1.69. The minimum atomic E-state index is 0.0836. The predicted octanol–water partition coefficient (Wildman–Crippen LogP) is 5.29. The third kappa shape index (κ3) is 2.81. The molecule has 3 aromatic rings. The molecule has 0 spiro atoms. The van der Waals surface area contributed by atoms with Gasteiger partial charge in [-0.15, -0.1) is 11.3 Å². The highest BCUT2D eigenvalue weighted by Gasteiger charge is 2.13. The molecule has 0 atom stereocenters. The fourth-order valence-electron chi connectivity index (χ4n) is 2.33. The minimum absolute atomic E-state index is 0.0836. The molecule has 0 radical (unpaired) electrons.